The first-order valence-electron chi connectivity index (χ1n) is 2.23. The molecule has 4 N–H and O–H groups in total. The summed E-state index contributed by atoms with van der Waals surface area (Å²) < 4.78 is 4.14. The molecular weight excluding hydrogens is 142 g/mol. The molecule has 0 unspecified atom stereocenters. The first kappa shape index (κ1) is 11.5. The van der Waals surface area contributed by atoms with Gasteiger partial charge in [0.1, 0.15) is 0 Å². The fraction of sp³-hybridized carbons (Fsp3) is 0.500. The predicted molar refractivity (Wildman–Crippen MR) is 31.7 cm³/mol. The maximum atomic E-state index is 9.83. The van der Waals surface area contributed by atoms with Crippen molar-refractivity contribution in [2.75, 3.05) is 13.7 Å². The molecule has 0 saturated carbocycles. The normalized spacial score (nSPS) is 7.00. The summed E-state index contributed by atoms with van der Waals surface area (Å²) >= 11 is 0. The van der Waals surface area contributed by atoms with Gasteiger partial charge >= 0.3 is 12.1 Å². The van der Waals surface area contributed by atoms with Crippen molar-refractivity contribution < 1.29 is 24.5 Å². The van der Waals surface area contributed by atoms with E-state index in [9.17, 15) is 4.79 Å². The summed E-state index contributed by atoms with van der Waals surface area (Å²) in [6, 6.07) is 0. The number of rotatable bonds is 1. The molecule has 60 valence electrons. The highest BCUT2D eigenvalue weighted by Crippen LogP contribution is 1.61. The van der Waals surface area contributed by atoms with Crippen LogP contribution in [0.3, 0.4) is 0 Å². The quantitative estimate of drug-likeness (QED) is 0.429. The Bertz CT molecular complexity index is 102. The number of esters is 1. The topological polar surface area (TPSA) is 110 Å². The third-order valence-electron chi connectivity index (χ3n) is 0.394. The molecule has 0 aromatic heterocycles. The van der Waals surface area contributed by atoms with Gasteiger partial charge in [0.05, 0.1) is 13.7 Å². The minimum absolute atomic E-state index is 0.0312. The van der Waals surface area contributed by atoms with Crippen molar-refractivity contribution in [1.82, 2.24) is 0 Å². The van der Waals surface area contributed by atoms with Gasteiger partial charge in [-0.2, -0.15) is 0 Å². The Hall–Kier alpha value is -1.30. The van der Waals surface area contributed by atoms with Crippen LogP contribution in [-0.2, 0) is 9.53 Å². The van der Waals surface area contributed by atoms with Crippen LogP contribution in [0.5, 0.6) is 0 Å². The van der Waals surface area contributed by atoms with Gasteiger partial charge in [0.2, 0.25) is 0 Å². The minimum atomic E-state index is -1.83. The van der Waals surface area contributed by atoms with Gasteiger partial charge in [0.25, 0.3) is 0 Å². The molecule has 0 heterocycles. The maximum Gasteiger partial charge on any atom is 0.503 e. The van der Waals surface area contributed by atoms with Crippen LogP contribution in [0, 0.1) is 0 Å². The Morgan fingerprint density at radius 1 is 1.50 bits per heavy atom. The largest absolute Gasteiger partial charge is 0.503 e. The molecule has 0 radical (unpaired) electrons. The summed E-state index contributed by atoms with van der Waals surface area (Å²) in [7, 11) is 1.30. The zero-order chi connectivity index (χ0) is 8.57. The molecule has 0 aliphatic carbocycles. The standard InChI is InChI=1S/C3H7NO2.CH2O3/c1-6-3(5)2-4;2-1(3)4/h2,4H2,1H3;(H2,2,3,4). The van der Waals surface area contributed by atoms with Crippen LogP contribution in [0.25, 0.3) is 0 Å². The van der Waals surface area contributed by atoms with Gasteiger partial charge in [-0.3, -0.25) is 4.79 Å². The number of carboxylic acid groups (broad SMARTS) is 2. The van der Waals surface area contributed by atoms with Crippen LogP contribution in [-0.4, -0.2) is 36.0 Å². The highest BCUT2D eigenvalue weighted by atomic mass is 16.6. The second-order valence-electron chi connectivity index (χ2n) is 1.06. The van der Waals surface area contributed by atoms with Gasteiger partial charge < -0.3 is 20.7 Å². The summed E-state index contributed by atoms with van der Waals surface area (Å²) in [5.41, 5.74) is 4.81. The smallest absolute Gasteiger partial charge is 0.468 e. The summed E-state index contributed by atoms with van der Waals surface area (Å²) in [4.78, 5) is 18.4. The lowest BCUT2D eigenvalue weighted by atomic mass is 10.7. The van der Waals surface area contributed by atoms with E-state index in [0.717, 1.165) is 0 Å². The lowest BCUT2D eigenvalue weighted by Gasteiger charge is -1.87. The number of hydrogen-bond donors (Lipinski definition) is 3. The SMILES string of the molecule is COC(=O)CN.O=C(O)O. The molecule has 0 spiro atoms. The van der Waals surface area contributed by atoms with E-state index in [1.807, 2.05) is 0 Å². The summed E-state index contributed by atoms with van der Waals surface area (Å²) in [6.45, 7) is -0.0312. The monoisotopic (exact) mass is 151 g/mol. The summed E-state index contributed by atoms with van der Waals surface area (Å²) in [5, 5.41) is 13.9. The number of carbonyl (C=O) groups is 2. The Kier molecular flexibility index (Phi) is 8.85. The van der Waals surface area contributed by atoms with Crippen molar-refractivity contribution in [2.45, 2.75) is 0 Å². The maximum absolute atomic E-state index is 9.83. The van der Waals surface area contributed by atoms with Crippen LogP contribution >= 0.6 is 0 Å². The van der Waals surface area contributed by atoms with Crippen LogP contribution in [0.1, 0.15) is 0 Å². The van der Waals surface area contributed by atoms with Crippen molar-refractivity contribution in [3.8, 4) is 0 Å². The third-order valence-corrected chi connectivity index (χ3v) is 0.394. The zero-order valence-electron chi connectivity index (χ0n) is 5.40. The lowest BCUT2D eigenvalue weighted by molar-refractivity contribution is -0.138. The molecular formula is C4H9NO5. The molecule has 6 nitrogen and oxygen atoms in total. The average molecular weight is 151 g/mol. The van der Waals surface area contributed by atoms with Gasteiger partial charge in [-0.25, -0.2) is 4.79 Å². The number of methoxy groups -OCH3 is 1. The molecule has 10 heavy (non-hydrogen) atoms. The Balaban J connectivity index is 0. The van der Waals surface area contributed by atoms with E-state index in [1.54, 1.807) is 0 Å². The average Bonchev–Trinajstić information content (AvgIpc) is 1.85. The summed E-state index contributed by atoms with van der Waals surface area (Å²) in [5.74, 6) is -0.380. The van der Waals surface area contributed by atoms with Crippen LogP contribution in [0.15, 0.2) is 0 Å². The third kappa shape index (κ3) is 29.9. The molecule has 0 aliphatic rings. The minimum Gasteiger partial charge on any atom is -0.468 e. The van der Waals surface area contributed by atoms with Crippen LogP contribution < -0.4 is 5.73 Å². The van der Waals surface area contributed by atoms with Crippen molar-refractivity contribution in [3.05, 3.63) is 0 Å². The molecule has 0 aliphatic heterocycles. The summed E-state index contributed by atoms with van der Waals surface area (Å²) in [6.07, 6.45) is -1.83. The first-order valence-corrected chi connectivity index (χ1v) is 2.23. The predicted octanol–water partition coefficient (Wildman–Crippen LogP) is -0.659. The van der Waals surface area contributed by atoms with E-state index in [4.69, 9.17) is 20.7 Å². The van der Waals surface area contributed by atoms with Gasteiger partial charge in [-0.15, -0.1) is 0 Å². The molecule has 0 fully saturated rings. The van der Waals surface area contributed by atoms with E-state index < -0.39 is 6.16 Å². The Labute approximate surface area is 57.2 Å². The van der Waals surface area contributed by atoms with E-state index >= 15 is 0 Å². The Morgan fingerprint density at radius 3 is 1.80 bits per heavy atom. The van der Waals surface area contributed by atoms with Crippen molar-refractivity contribution in [3.63, 3.8) is 0 Å². The number of ether oxygens (including phenoxy) is 1. The van der Waals surface area contributed by atoms with Gasteiger partial charge in [-0.1, -0.05) is 0 Å². The van der Waals surface area contributed by atoms with E-state index in [0.29, 0.717) is 0 Å². The fourth-order valence-electron chi connectivity index (χ4n) is 0.0833. The second kappa shape index (κ2) is 7.70. The van der Waals surface area contributed by atoms with E-state index in [-0.39, 0.29) is 12.5 Å². The fourth-order valence-corrected chi connectivity index (χ4v) is 0.0833. The van der Waals surface area contributed by atoms with Crippen LogP contribution in [0.4, 0.5) is 4.79 Å². The molecule has 0 rings (SSSR count). The molecule has 0 aromatic rings. The van der Waals surface area contributed by atoms with Gasteiger partial charge in [-0.05, 0) is 0 Å². The molecule has 0 saturated heterocycles. The number of carbonyl (C=O) groups excluding carboxylic acids is 1. The van der Waals surface area contributed by atoms with Gasteiger partial charge in [0.15, 0.2) is 0 Å². The van der Waals surface area contributed by atoms with E-state index in [2.05, 4.69) is 4.74 Å². The van der Waals surface area contributed by atoms with Crippen molar-refractivity contribution >= 4 is 12.1 Å². The molecule has 0 atom stereocenters. The second-order valence-corrected chi connectivity index (χ2v) is 1.06. The highest BCUT2D eigenvalue weighted by Gasteiger charge is 1.87. The number of hydrogen-bond acceptors (Lipinski definition) is 4. The Morgan fingerprint density at radius 2 is 1.80 bits per heavy atom. The lowest BCUT2D eigenvalue weighted by Crippen LogP contribution is -2.14. The van der Waals surface area contributed by atoms with Crippen molar-refractivity contribution in [1.29, 1.82) is 0 Å². The molecule has 0 bridgehead atoms. The molecule has 6 heteroatoms. The molecule has 0 aromatic carbocycles. The highest BCUT2D eigenvalue weighted by molar-refractivity contribution is 5.70. The van der Waals surface area contributed by atoms with Gasteiger partial charge in [0, 0.05) is 0 Å². The first-order chi connectivity index (χ1) is 4.54. The number of nitrogens with two attached hydrogens (primary N) is 1. The molecule has 0 amide bonds. The van der Waals surface area contributed by atoms with Crippen LogP contribution in [0.2, 0.25) is 0 Å². The zero-order valence-corrected chi connectivity index (χ0v) is 5.40. The van der Waals surface area contributed by atoms with Crippen molar-refractivity contribution in [2.24, 2.45) is 5.73 Å². The van der Waals surface area contributed by atoms with E-state index in [1.165, 1.54) is 7.11 Å².